The summed E-state index contributed by atoms with van der Waals surface area (Å²) in [5.74, 6) is 0. The van der Waals surface area contributed by atoms with Crippen LogP contribution >= 0.6 is 0 Å². The highest BCUT2D eigenvalue weighted by atomic mass is 14.7. The van der Waals surface area contributed by atoms with E-state index in [1.54, 1.807) is 0 Å². The van der Waals surface area contributed by atoms with Gasteiger partial charge in [-0.3, -0.25) is 4.99 Å². The second kappa shape index (κ2) is 2.38. The van der Waals surface area contributed by atoms with Gasteiger partial charge < -0.3 is 5.73 Å². The maximum Gasteiger partial charge on any atom is 0.0430 e. The smallest absolute Gasteiger partial charge is 0.0430 e. The van der Waals surface area contributed by atoms with Crippen molar-refractivity contribution >= 4 is 11.9 Å². The Balaban J connectivity index is 2.60. The Morgan fingerprint density at radius 2 is 2.27 bits per heavy atom. The molecule has 0 unspecified atom stereocenters. The number of nitrogens with two attached hydrogens (primary N) is 1. The fourth-order valence-corrected chi connectivity index (χ4v) is 1.37. The summed E-state index contributed by atoms with van der Waals surface area (Å²) >= 11 is 0. The van der Waals surface area contributed by atoms with E-state index in [1.807, 2.05) is 24.4 Å². The third kappa shape index (κ3) is 1.00. The number of anilines is 1. The quantitative estimate of drug-likeness (QED) is 0.549. The number of hydrogen-bond acceptors (Lipinski definition) is 2. The molecule has 0 saturated heterocycles. The molecule has 0 radical (unpaired) electrons. The first kappa shape index (κ1) is 6.40. The molecule has 0 bridgehead atoms. The highest BCUT2D eigenvalue weighted by molar-refractivity contribution is 5.85. The average Bonchev–Trinajstić information content (AvgIpc) is 2.06. The van der Waals surface area contributed by atoms with Crippen LogP contribution in [0.2, 0.25) is 0 Å². The van der Waals surface area contributed by atoms with E-state index in [9.17, 15) is 0 Å². The molecule has 11 heavy (non-hydrogen) atoms. The van der Waals surface area contributed by atoms with Crippen molar-refractivity contribution in [2.75, 3.05) is 12.3 Å². The Labute approximate surface area is 65.8 Å². The van der Waals surface area contributed by atoms with Gasteiger partial charge in [0, 0.05) is 18.4 Å². The zero-order valence-corrected chi connectivity index (χ0v) is 6.25. The summed E-state index contributed by atoms with van der Waals surface area (Å²) in [4.78, 5) is 4.18. The standard InChI is InChI=1S/C9H10N2/c10-9-3-1-2-7-6-11-5-4-8(7)9/h1-3,6H,4-5,10H2. The number of aliphatic imine (C=N–C) groups is 1. The average molecular weight is 146 g/mol. The molecule has 0 amide bonds. The summed E-state index contributed by atoms with van der Waals surface area (Å²) in [6.07, 6.45) is 2.88. The van der Waals surface area contributed by atoms with Crippen LogP contribution in [0.3, 0.4) is 0 Å². The van der Waals surface area contributed by atoms with Crippen molar-refractivity contribution in [2.24, 2.45) is 4.99 Å². The first-order valence-electron chi connectivity index (χ1n) is 3.75. The number of nitrogen functional groups attached to an aromatic ring is 1. The first-order chi connectivity index (χ1) is 5.38. The second-order valence-corrected chi connectivity index (χ2v) is 2.70. The summed E-state index contributed by atoms with van der Waals surface area (Å²) in [5.41, 5.74) is 9.11. The number of nitrogens with zero attached hydrogens (tertiary/aromatic N) is 1. The van der Waals surface area contributed by atoms with Gasteiger partial charge in [-0.15, -0.1) is 0 Å². The van der Waals surface area contributed by atoms with Gasteiger partial charge >= 0.3 is 0 Å². The van der Waals surface area contributed by atoms with Crippen LogP contribution in [0.1, 0.15) is 11.1 Å². The summed E-state index contributed by atoms with van der Waals surface area (Å²) in [6, 6.07) is 5.96. The molecule has 0 aliphatic carbocycles. The van der Waals surface area contributed by atoms with Crippen LogP contribution < -0.4 is 5.73 Å². The van der Waals surface area contributed by atoms with Gasteiger partial charge in [-0.1, -0.05) is 12.1 Å². The molecule has 1 aliphatic rings. The molecule has 56 valence electrons. The van der Waals surface area contributed by atoms with Gasteiger partial charge in [-0.25, -0.2) is 0 Å². The predicted molar refractivity (Wildman–Crippen MR) is 47.0 cm³/mol. The lowest BCUT2D eigenvalue weighted by atomic mass is 10.0. The predicted octanol–water partition coefficient (Wildman–Crippen LogP) is 1.24. The lowest BCUT2D eigenvalue weighted by Crippen LogP contribution is -2.05. The highest BCUT2D eigenvalue weighted by Gasteiger charge is 2.06. The third-order valence-corrected chi connectivity index (χ3v) is 1.97. The monoisotopic (exact) mass is 146 g/mol. The maximum absolute atomic E-state index is 5.78. The second-order valence-electron chi connectivity index (χ2n) is 2.70. The molecule has 2 N–H and O–H groups in total. The van der Waals surface area contributed by atoms with Crippen molar-refractivity contribution in [2.45, 2.75) is 6.42 Å². The van der Waals surface area contributed by atoms with Crippen molar-refractivity contribution in [3.8, 4) is 0 Å². The molecule has 0 saturated carbocycles. The van der Waals surface area contributed by atoms with E-state index >= 15 is 0 Å². The van der Waals surface area contributed by atoms with E-state index in [4.69, 9.17) is 5.73 Å². The molecular weight excluding hydrogens is 136 g/mol. The fraction of sp³-hybridized carbons (Fsp3) is 0.222. The minimum atomic E-state index is 0.876. The summed E-state index contributed by atoms with van der Waals surface area (Å²) < 4.78 is 0. The molecule has 1 aliphatic heterocycles. The van der Waals surface area contributed by atoms with E-state index in [0.29, 0.717) is 0 Å². The molecule has 0 aromatic heterocycles. The zero-order chi connectivity index (χ0) is 7.68. The minimum absolute atomic E-state index is 0.876. The van der Waals surface area contributed by atoms with Crippen LogP contribution in [0.15, 0.2) is 23.2 Å². The fourth-order valence-electron chi connectivity index (χ4n) is 1.37. The molecule has 1 aromatic rings. The highest BCUT2D eigenvalue weighted by Crippen LogP contribution is 2.18. The number of rotatable bonds is 0. The Bertz CT molecular complexity index is 302. The lowest BCUT2D eigenvalue weighted by molar-refractivity contribution is 0.955. The van der Waals surface area contributed by atoms with Gasteiger partial charge in [0.25, 0.3) is 0 Å². The molecule has 1 aromatic carbocycles. The molecule has 1 heterocycles. The SMILES string of the molecule is Nc1cccc2c1CCN=C2. The summed E-state index contributed by atoms with van der Waals surface area (Å²) in [5, 5.41) is 0. The Hall–Kier alpha value is -1.31. The van der Waals surface area contributed by atoms with Gasteiger partial charge in [0.05, 0.1) is 0 Å². The van der Waals surface area contributed by atoms with Gasteiger partial charge in [-0.05, 0) is 23.6 Å². The third-order valence-electron chi connectivity index (χ3n) is 1.97. The van der Waals surface area contributed by atoms with E-state index in [1.165, 1.54) is 11.1 Å². The van der Waals surface area contributed by atoms with Crippen LogP contribution in [0.25, 0.3) is 0 Å². The van der Waals surface area contributed by atoms with E-state index < -0.39 is 0 Å². The van der Waals surface area contributed by atoms with Crippen LogP contribution in [0.4, 0.5) is 5.69 Å². The molecule has 0 fully saturated rings. The molecule has 0 atom stereocenters. The van der Waals surface area contributed by atoms with Crippen molar-refractivity contribution < 1.29 is 0 Å². The minimum Gasteiger partial charge on any atom is -0.398 e. The van der Waals surface area contributed by atoms with Crippen molar-refractivity contribution in [1.82, 2.24) is 0 Å². The van der Waals surface area contributed by atoms with Crippen LogP contribution in [0, 0.1) is 0 Å². The normalized spacial score (nSPS) is 14.5. The van der Waals surface area contributed by atoms with Crippen LogP contribution in [-0.2, 0) is 6.42 Å². The Kier molecular flexibility index (Phi) is 1.39. The van der Waals surface area contributed by atoms with Crippen molar-refractivity contribution in [3.05, 3.63) is 29.3 Å². The summed E-state index contributed by atoms with van der Waals surface area (Å²) in [7, 11) is 0. The van der Waals surface area contributed by atoms with E-state index in [0.717, 1.165) is 18.7 Å². The van der Waals surface area contributed by atoms with Gasteiger partial charge in [-0.2, -0.15) is 0 Å². The number of hydrogen-bond donors (Lipinski definition) is 1. The summed E-state index contributed by atoms with van der Waals surface area (Å²) in [6.45, 7) is 0.876. The van der Waals surface area contributed by atoms with Crippen molar-refractivity contribution in [1.29, 1.82) is 0 Å². The van der Waals surface area contributed by atoms with E-state index in [-0.39, 0.29) is 0 Å². The molecule has 2 rings (SSSR count). The van der Waals surface area contributed by atoms with Crippen LogP contribution in [-0.4, -0.2) is 12.8 Å². The van der Waals surface area contributed by atoms with Gasteiger partial charge in [0.1, 0.15) is 0 Å². The molecule has 0 spiro atoms. The zero-order valence-electron chi connectivity index (χ0n) is 6.25. The number of fused-ring (bicyclic) bond motifs is 1. The molecular formula is C9H10N2. The topological polar surface area (TPSA) is 38.4 Å². The van der Waals surface area contributed by atoms with Crippen molar-refractivity contribution in [3.63, 3.8) is 0 Å². The molecule has 2 heteroatoms. The maximum atomic E-state index is 5.78. The lowest BCUT2D eigenvalue weighted by Gasteiger charge is -2.11. The number of benzene rings is 1. The van der Waals surface area contributed by atoms with E-state index in [2.05, 4.69) is 4.99 Å². The van der Waals surface area contributed by atoms with Gasteiger partial charge in [0.2, 0.25) is 0 Å². The Morgan fingerprint density at radius 3 is 3.09 bits per heavy atom. The van der Waals surface area contributed by atoms with Gasteiger partial charge in [0.15, 0.2) is 0 Å². The largest absolute Gasteiger partial charge is 0.398 e. The Morgan fingerprint density at radius 1 is 1.36 bits per heavy atom. The first-order valence-corrected chi connectivity index (χ1v) is 3.75. The van der Waals surface area contributed by atoms with Crippen LogP contribution in [0.5, 0.6) is 0 Å². The molecule has 2 nitrogen and oxygen atoms in total.